The Morgan fingerprint density at radius 3 is 2.38 bits per heavy atom. The van der Waals surface area contributed by atoms with Gasteiger partial charge in [-0.25, -0.2) is 0 Å². The van der Waals surface area contributed by atoms with E-state index >= 15 is 0 Å². The zero-order valence-electron chi connectivity index (χ0n) is 10.4. The van der Waals surface area contributed by atoms with Crippen LogP contribution in [0.15, 0.2) is 29.2 Å². The predicted octanol–water partition coefficient (Wildman–Crippen LogP) is 3.20. The fourth-order valence-electron chi connectivity index (χ4n) is 1.53. The lowest BCUT2D eigenvalue weighted by Gasteiger charge is -2.24. The molecule has 0 radical (unpaired) electrons. The van der Waals surface area contributed by atoms with Crippen molar-refractivity contribution in [3.63, 3.8) is 0 Å². The number of nitrogens with one attached hydrogen (secondary N) is 1. The monoisotopic (exact) mass is 238 g/mol. The highest BCUT2D eigenvalue weighted by molar-refractivity contribution is 7.98. The van der Waals surface area contributed by atoms with Gasteiger partial charge in [0.05, 0.1) is 0 Å². The first-order valence-corrected chi connectivity index (χ1v) is 6.88. The van der Waals surface area contributed by atoms with Gasteiger partial charge < -0.3 is 11.1 Å². The number of benzene rings is 1. The molecular formula is C13H22N2S. The summed E-state index contributed by atoms with van der Waals surface area (Å²) in [7, 11) is 0. The third-order valence-electron chi connectivity index (χ3n) is 2.68. The summed E-state index contributed by atoms with van der Waals surface area (Å²) in [6, 6.07) is 8.54. The summed E-state index contributed by atoms with van der Waals surface area (Å²) in [4.78, 5) is 1.30. The molecule has 0 saturated carbocycles. The van der Waals surface area contributed by atoms with Crippen LogP contribution in [0.25, 0.3) is 0 Å². The van der Waals surface area contributed by atoms with E-state index in [0.717, 1.165) is 19.5 Å². The molecule has 90 valence electrons. The number of nitrogens with two attached hydrogens (primary N) is 1. The molecular weight excluding hydrogens is 216 g/mol. The van der Waals surface area contributed by atoms with E-state index in [4.69, 9.17) is 5.73 Å². The molecule has 0 fully saturated rings. The molecule has 0 bridgehead atoms. The fraction of sp³-hybridized carbons (Fsp3) is 0.538. The topological polar surface area (TPSA) is 38.0 Å². The summed E-state index contributed by atoms with van der Waals surface area (Å²) in [5, 5.41) is 3.46. The molecule has 0 spiro atoms. The van der Waals surface area contributed by atoms with Crippen LogP contribution >= 0.6 is 11.8 Å². The van der Waals surface area contributed by atoms with Crippen molar-refractivity contribution in [2.45, 2.75) is 25.2 Å². The van der Waals surface area contributed by atoms with Gasteiger partial charge in [0, 0.05) is 17.1 Å². The van der Waals surface area contributed by atoms with E-state index in [0.29, 0.717) is 0 Å². The molecule has 1 rings (SSSR count). The van der Waals surface area contributed by atoms with Crippen LogP contribution in [0.3, 0.4) is 0 Å². The molecule has 1 aromatic carbocycles. The number of anilines is 1. The molecule has 0 heterocycles. The smallest absolute Gasteiger partial charge is 0.0341 e. The van der Waals surface area contributed by atoms with Gasteiger partial charge in [-0.2, -0.15) is 0 Å². The minimum atomic E-state index is 0.257. The molecule has 0 atom stereocenters. The molecule has 3 N–H and O–H groups in total. The van der Waals surface area contributed by atoms with E-state index in [-0.39, 0.29) is 5.41 Å². The fourth-order valence-corrected chi connectivity index (χ4v) is 1.94. The molecule has 0 aliphatic heterocycles. The summed E-state index contributed by atoms with van der Waals surface area (Å²) >= 11 is 1.76. The molecule has 16 heavy (non-hydrogen) atoms. The first-order chi connectivity index (χ1) is 7.57. The Bertz CT molecular complexity index is 306. The molecule has 0 unspecified atom stereocenters. The molecule has 2 nitrogen and oxygen atoms in total. The van der Waals surface area contributed by atoms with Crippen LogP contribution in [0.5, 0.6) is 0 Å². The summed E-state index contributed by atoms with van der Waals surface area (Å²) in [6.45, 7) is 6.19. The highest BCUT2D eigenvalue weighted by Crippen LogP contribution is 2.22. The summed E-state index contributed by atoms with van der Waals surface area (Å²) < 4.78 is 0. The van der Waals surface area contributed by atoms with E-state index < -0.39 is 0 Å². The molecule has 1 aromatic rings. The average molecular weight is 238 g/mol. The molecule has 0 amide bonds. The highest BCUT2D eigenvalue weighted by Gasteiger charge is 2.15. The van der Waals surface area contributed by atoms with Gasteiger partial charge in [-0.15, -0.1) is 11.8 Å². The van der Waals surface area contributed by atoms with Crippen LogP contribution in [0.4, 0.5) is 5.69 Å². The van der Waals surface area contributed by atoms with Gasteiger partial charge in [-0.05, 0) is 48.9 Å². The summed E-state index contributed by atoms with van der Waals surface area (Å²) in [6.07, 6.45) is 3.13. The van der Waals surface area contributed by atoms with Crippen molar-refractivity contribution in [3.8, 4) is 0 Å². The van der Waals surface area contributed by atoms with Crippen molar-refractivity contribution in [3.05, 3.63) is 24.3 Å². The lowest BCUT2D eigenvalue weighted by molar-refractivity contribution is 0.365. The van der Waals surface area contributed by atoms with Crippen LogP contribution < -0.4 is 11.1 Å². The average Bonchev–Trinajstić information content (AvgIpc) is 2.27. The maximum absolute atomic E-state index is 5.59. The number of rotatable bonds is 6. The van der Waals surface area contributed by atoms with Crippen LogP contribution in [0, 0.1) is 5.41 Å². The molecule has 0 aliphatic carbocycles. The number of hydrogen-bond donors (Lipinski definition) is 2. The predicted molar refractivity (Wildman–Crippen MR) is 74.2 cm³/mol. The minimum absolute atomic E-state index is 0.257. The highest BCUT2D eigenvalue weighted by atomic mass is 32.2. The van der Waals surface area contributed by atoms with Crippen molar-refractivity contribution in [2.24, 2.45) is 11.1 Å². The molecule has 0 aliphatic rings. The second kappa shape index (κ2) is 6.16. The van der Waals surface area contributed by atoms with Crippen molar-refractivity contribution < 1.29 is 0 Å². The summed E-state index contributed by atoms with van der Waals surface area (Å²) in [5.74, 6) is 0. The zero-order chi connectivity index (χ0) is 12.0. The first-order valence-electron chi connectivity index (χ1n) is 5.65. The van der Waals surface area contributed by atoms with Gasteiger partial charge >= 0.3 is 0 Å². The first kappa shape index (κ1) is 13.4. The second-order valence-corrected chi connectivity index (χ2v) is 5.66. The lowest BCUT2D eigenvalue weighted by atomic mass is 9.89. The van der Waals surface area contributed by atoms with E-state index in [2.05, 4.69) is 49.7 Å². The molecule has 3 heteroatoms. The zero-order valence-corrected chi connectivity index (χ0v) is 11.2. The van der Waals surface area contributed by atoms with Crippen molar-refractivity contribution >= 4 is 17.4 Å². The van der Waals surface area contributed by atoms with Gasteiger partial charge in [0.1, 0.15) is 0 Å². The Kier molecular flexibility index (Phi) is 5.16. The summed E-state index contributed by atoms with van der Waals surface area (Å²) in [5.41, 5.74) is 7.03. The van der Waals surface area contributed by atoms with E-state index in [1.165, 1.54) is 10.6 Å². The SMILES string of the molecule is CSc1ccc(NCC(C)(C)CCN)cc1. The Morgan fingerprint density at radius 1 is 1.25 bits per heavy atom. The standard InChI is InChI=1S/C13H22N2S/c1-13(2,8-9-14)10-15-11-4-6-12(16-3)7-5-11/h4-7,15H,8-10,14H2,1-3H3. The van der Waals surface area contributed by atoms with Crippen molar-refractivity contribution in [2.75, 3.05) is 24.7 Å². The van der Waals surface area contributed by atoms with Gasteiger partial charge in [0.25, 0.3) is 0 Å². The van der Waals surface area contributed by atoms with Gasteiger partial charge in [0.15, 0.2) is 0 Å². The van der Waals surface area contributed by atoms with Gasteiger partial charge in [-0.1, -0.05) is 13.8 Å². The Hall–Kier alpha value is -0.670. The van der Waals surface area contributed by atoms with Crippen LogP contribution in [0.2, 0.25) is 0 Å². The van der Waals surface area contributed by atoms with Crippen LogP contribution in [-0.2, 0) is 0 Å². The van der Waals surface area contributed by atoms with Crippen molar-refractivity contribution in [1.82, 2.24) is 0 Å². The minimum Gasteiger partial charge on any atom is -0.385 e. The van der Waals surface area contributed by atoms with E-state index in [1.807, 2.05) is 0 Å². The third-order valence-corrected chi connectivity index (χ3v) is 3.43. The third kappa shape index (κ3) is 4.45. The van der Waals surface area contributed by atoms with Crippen LogP contribution in [0.1, 0.15) is 20.3 Å². The van der Waals surface area contributed by atoms with Gasteiger partial charge in [-0.3, -0.25) is 0 Å². The maximum atomic E-state index is 5.59. The lowest BCUT2D eigenvalue weighted by Crippen LogP contribution is -2.26. The number of hydrogen-bond acceptors (Lipinski definition) is 3. The van der Waals surface area contributed by atoms with Crippen LogP contribution in [-0.4, -0.2) is 19.3 Å². The largest absolute Gasteiger partial charge is 0.385 e. The maximum Gasteiger partial charge on any atom is 0.0341 e. The van der Waals surface area contributed by atoms with E-state index in [1.54, 1.807) is 11.8 Å². The van der Waals surface area contributed by atoms with Crippen molar-refractivity contribution in [1.29, 1.82) is 0 Å². The normalized spacial score (nSPS) is 11.5. The molecule has 0 aromatic heterocycles. The Labute approximate surface area is 103 Å². The Morgan fingerprint density at radius 2 is 1.88 bits per heavy atom. The molecule has 0 saturated heterocycles. The second-order valence-electron chi connectivity index (χ2n) is 4.78. The van der Waals surface area contributed by atoms with E-state index in [9.17, 15) is 0 Å². The van der Waals surface area contributed by atoms with Gasteiger partial charge in [0.2, 0.25) is 0 Å². The quantitative estimate of drug-likeness (QED) is 0.747. The Balaban J connectivity index is 2.48. The number of thioether (sulfide) groups is 1.